The molecule has 1 aromatic rings. The van der Waals surface area contributed by atoms with Crippen LogP contribution in [-0.2, 0) is 9.63 Å². The Bertz CT molecular complexity index is 531. The van der Waals surface area contributed by atoms with E-state index in [1.165, 1.54) is 0 Å². The van der Waals surface area contributed by atoms with Crippen molar-refractivity contribution in [3.05, 3.63) is 24.5 Å². The van der Waals surface area contributed by atoms with Crippen molar-refractivity contribution in [3.63, 3.8) is 0 Å². The number of likely N-dealkylation sites (tertiary alicyclic amines) is 1. The smallest absolute Gasteiger partial charge is 0.273 e. The maximum absolute atomic E-state index is 12.1. The van der Waals surface area contributed by atoms with Gasteiger partial charge in [-0.2, -0.15) is 0 Å². The number of oxime groups is 1. The van der Waals surface area contributed by atoms with E-state index in [0.717, 1.165) is 26.1 Å². The van der Waals surface area contributed by atoms with E-state index in [-0.39, 0.29) is 11.5 Å². The van der Waals surface area contributed by atoms with Crippen molar-refractivity contribution in [1.29, 1.82) is 0 Å². The molecule has 1 saturated heterocycles. The summed E-state index contributed by atoms with van der Waals surface area (Å²) in [5, 5.41) is 6.78. The van der Waals surface area contributed by atoms with Gasteiger partial charge in [0.25, 0.3) is 5.91 Å². The predicted molar refractivity (Wildman–Crippen MR) is 75.5 cm³/mol. The molecule has 1 aromatic heterocycles. The summed E-state index contributed by atoms with van der Waals surface area (Å²) in [6, 6.07) is 3.57. The van der Waals surface area contributed by atoms with Gasteiger partial charge in [0.2, 0.25) is 0 Å². The highest BCUT2D eigenvalue weighted by atomic mass is 16.7. The van der Waals surface area contributed by atoms with Gasteiger partial charge in [-0.1, -0.05) is 12.1 Å². The molecule has 3 heterocycles. The van der Waals surface area contributed by atoms with Crippen molar-refractivity contribution in [1.82, 2.24) is 9.88 Å². The first-order chi connectivity index (χ1) is 9.71. The normalized spacial score (nSPS) is 25.6. The van der Waals surface area contributed by atoms with Crippen LogP contribution in [-0.4, -0.2) is 46.7 Å². The van der Waals surface area contributed by atoms with Crippen LogP contribution in [0.3, 0.4) is 0 Å². The van der Waals surface area contributed by atoms with E-state index in [1.807, 2.05) is 0 Å². The first kappa shape index (κ1) is 13.1. The van der Waals surface area contributed by atoms with Gasteiger partial charge in [0.1, 0.15) is 5.71 Å². The van der Waals surface area contributed by atoms with Crippen LogP contribution < -0.4 is 5.32 Å². The van der Waals surface area contributed by atoms with Gasteiger partial charge in [-0.3, -0.25) is 14.7 Å². The summed E-state index contributed by atoms with van der Waals surface area (Å²) in [6.07, 6.45) is 4.78. The fourth-order valence-electron chi connectivity index (χ4n) is 2.70. The van der Waals surface area contributed by atoms with Gasteiger partial charge in [-0.15, -0.1) is 0 Å². The van der Waals surface area contributed by atoms with Crippen molar-refractivity contribution in [2.75, 3.05) is 25.0 Å². The molecule has 0 aliphatic carbocycles. The Morgan fingerprint density at radius 1 is 1.60 bits per heavy atom. The zero-order valence-corrected chi connectivity index (χ0v) is 11.5. The molecule has 20 heavy (non-hydrogen) atoms. The van der Waals surface area contributed by atoms with E-state index < -0.39 is 0 Å². The largest absolute Gasteiger partial charge is 0.387 e. The molecule has 1 unspecified atom stereocenters. The molecule has 0 radical (unpaired) electrons. The van der Waals surface area contributed by atoms with Gasteiger partial charge in [0.15, 0.2) is 5.60 Å². The number of rotatable bonds is 3. The molecule has 6 heteroatoms. The molecule has 106 valence electrons. The fourth-order valence-corrected chi connectivity index (χ4v) is 2.70. The van der Waals surface area contributed by atoms with Crippen molar-refractivity contribution >= 4 is 17.3 Å². The summed E-state index contributed by atoms with van der Waals surface area (Å²) in [4.78, 5) is 24.0. The zero-order chi connectivity index (χ0) is 14.0. The fraction of sp³-hybridized carbons (Fsp3) is 0.500. The third-order valence-electron chi connectivity index (χ3n) is 3.86. The van der Waals surface area contributed by atoms with Crippen LogP contribution in [0.4, 0.5) is 5.69 Å². The van der Waals surface area contributed by atoms with Gasteiger partial charge in [0, 0.05) is 32.1 Å². The van der Waals surface area contributed by atoms with Crippen LogP contribution >= 0.6 is 0 Å². The first-order valence-corrected chi connectivity index (χ1v) is 6.89. The number of amides is 1. The van der Waals surface area contributed by atoms with E-state index >= 15 is 0 Å². The Morgan fingerprint density at radius 2 is 2.50 bits per heavy atom. The molecule has 2 aliphatic rings. The van der Waals surface area contributed by atoms with E-state index in [9.17, 15) is 4.79 Å². The molecule has 0 aromatic carbocycles. The molecular formula is C14H18N4O2. The SMILES string of the molecule is CCN1CCC2(CC(C(=O)Nc3cccnc3)=NO2)C1. The predicted octanol–water partition coefficient (Wildman–Crippen LogP) is 1.26. The van der Waals surface area contributed by atoms with Gasteiger partial charge in [-0.05, 0) is 18.7 Å². The lowest BCUT2D eigenvalue weighted by Gasteiger charge is -2.20. The van der Waals surface area contributed by atoms with Crippen molar-refractivity contribution in [3.8, 4) is 0 Å². The molecule has 0 bridgehead atoms. The van der Waals surface area contributed by atoms with Gasteiger partial charge in [-0.25, -0.2) is 0 Å². The average Bonchev–Trinajstić information content (AvgIpc) is 3.08. The number of pyridine rings is 1. The number of nitrogens with one attached hydrogen (secondary N) is 1. The average molecular weight is 274 g/mol. The van der Waals surface area contributed by atoms with Crippen LogP contribution in [0.2, 0.25) is 0 Å². The standard InChI is InChI=1S/C14H18N4O2/c1-2-18-7-5-14(10-18)8-12(17-20-14)13(19)16-11-4-3-6-15-9-11/h3-4,6,9H,2,5,7-8,10H2,1H3,(H,16,19). The maximum Gasteiger partial charge on any atom is 0.273 e. The quantitative estimate of drug-likeness (QED) is 0.901. The van der Waals surface area contributed by atoms with E-state index in [0.29, 0.717) is 17.8 Å². The van der Waals surface area contributed by atoms with Gasteiger partial charge >= 0.3 is 0 Å². The lowest BCUT2D eigenvalue weighted by molar-refractivity contribution is -0.110. The zero-order valence-electron chi connectivity index (χ0n) is 11.5. The third kappa shape index (κ3) is 2.51. The molecular weight excluding hydrogens is 256 g/mol. The summed E-state index contributed by atoms with van der Waals surface area (Å²) in [6.45, 7) is 4.98. The van der Waals surface area contributed by atoms with Gasteiger partial charge in [0.05, 0.1) is 11.9 Å². The molecule has 2 aliphatic heterocycles. The molecule has 1 spiro atoms. The van der Waals surface area contributed by atoms with Crippen LogP contribution in [0.25, 0.3) is 0 Å². The summed E-state index contributed by atoms with van der Waals surface area (Å²) in [7, 11) is 0. The van der Waals surface area contributed by atoms with Gasteiger partial charge < -0.3 is 10.2 Å². The number of carbonyl (C=O) groups excluding carboxylic acids is 1. The van der Waals surface area contributed by atoms with E-state index in [4.69, 9.17) is 4.84 Å². The minimum atomic E-state index is -0.294. The monoisotopic (exact) mass is 274 g/mol. The number of nitrogens with zero attached hydrogens (tertiary/aromatic N) is 3. The molecule has 3 rings (SSSR count). The Kier molecular flexibility index (Phi) is 3.40. The second-order valence-electron chi connectivity index (χ2n) is 5.30. The summed E-state index contributed by atoms with van der Waals surface area (Å²) in [5.74, 6) is -0.204. The van der Waals surface area contributed by atoms with Crippen molar-refractivity contribution < 1.29 is 9.63 Å². The molecule has 1 atom stereocenters. The Hall–Kier alpha value is -1.95. The molecule has 1 N–H and O–H groups in total. The minimum Gasteiger partial charge on any atom is -0.387 e. The summed E-state index contributed by atoms with van der Waals surface area (Å²) < 4.78 is 0. The first-order valence-electron chi connectivity index (χ1n) is 6.89. The second-order valence-corrected chi connectivity index (χ2v) is 5.30. The molecule has 0 saturated carbocycles. The Labute approximate surface area is 117 Å². The lowest BCUT2D eigenvalue weighted by atomic mass is 9.96. The Morgan fingerprint density at radius 3 is 3.20 bits per heavy atom. The number of hydrogen-bond acceptors (Lipinski definition) is 5. The highest BCUT2D eigenvalue weighted by Crippen LogP contribution is 2.33. The maximum atomic E-state index is 12.1. The number of anilines is 1. The van der Waals surface area contributed by atoms with Crippen molar-refractivity contribution in [2.45, 2.75) is 25.4 Å². The summed E-state index contributed by atoms with van der Waals surface area (Å²) >= 11 is 0. The Balaban J connectivity index is 1.61. The third-order valence-corrected chi connectivity index (χ3v) is 3.86. The second kappa shape index (κ2) is 5.20. The molecule has 1 fully saturated rings. The number of hydrogen-bond donors (Lipinski definition) is 1. The van der Waals surface area contributed by atoms with Crippen molar-refractivity contribution in [2.24, 2.45) is 5.16 Å². The number of aromatic nitrogens is 1. The minimum absolute atomic E-state index is 0.204. The molecule has 6 nitrogen and oxygen atoms in total. The van der Waals surface area contributed by atoms with E-state index in [1.54, 1.807) is 24.5 Å². The molecule has 1 amide bonds. The van der Waals surface area contributed by atoms with Crippen LogP contribution in [0.1, 0.15) is 19.8 Å². The number of likely N-dealkylation sites (N-methyl/N-ethyl adjacent to an activating group) is 1. The van der Waals surface area contributed by atoms with Crippen LogP contribution in [0.15, 0.2) is 29.7 Å². The number of carbonyl (C=O) groups is 1. The van der Waals surface area contributed by atoms with Crippen LogP contribution in [0, 0.1) is 0 Å². The topological polar surface area (TPSA) is 66.8 Å². The van der Waals surface area contributed by atoms with E-state index in [2.05, 4.69) is 27.3 Å². The highest BCUT2D eigenvalue weighted by Gasteiger charge is 2.46. The van der Waals surface area contributed by atoms with Crippen LogP contribution in [0.5, 0.6) is 0 Å². The highest BCUT2D eigenvalue weighted by molar-refractivity contribution is 6.43. The lowest BCUT2D eigenvalue weighted by Crippen LogP contribution is -2.35. The summed E-state index contributed by atoms with van der Waals surface area (Å²) in [5.41, 5.74) is 0.840.